The van der Waals surface area contributed by atoms with E-state index in [4.69, 9.17) is 5.73 Å². The highest BCUT2D eigenvalue weighted by Gasteiger charge is 2.14. The minimum atomic E-state index is 0.0673. The molecule has 2 aromatic rings. The van der Waals surface area contributed by atoms with Crippen LogP contribution in [0, 0.1) is 0 Å². The van der Waals surface area contributed by atoms with E-state index in [1.165, 1.54) is 10.4 Å². The highest BCUT2D eigenvalue weighted by molar-refractivity contribution is 7.10. The third-order valence-electron chi connectivity index (χ3n) is 3.04. The Morgan fingerprint density at radius 3 is 3.00 bits per heavy atom. The summed E-state index contributed by atoms with van der Waals surface area (Å²) >= 11 is 1.76. The third-order valence-corrected chi connectivity index (χ3v) is 4.13. The molecule has 17 heavy (non-hydrogen) atoms. The molecule has 0 aliphatic rings. The standard InChI is InChI=1S/C13H19N3S/c1-3-10-5-8-17-13(10)11(14)9-12-15-6-7-16(12)4-2/h5-8,11H,3-4,9,14H2,1-2H3. The molecule has 0 aliphatic heterocycles. The highest BCUT2D eigenvalue weighted by atomic mass is 32.1. The first-order valence-corrected chi connectivity index (χ1v) is 6.96. The predicted octanol–water partition coefficient (Wildman–Crippen LogP) is 2.77. The van der Waals surface area contributed by atoms with Crippen molar-refractivity contribution in [2.45, 2.75) is 39.3 Å². The van der Waals surface area contributed by atoms with Gasteiger partial charge in [0.2, 0.25) is 0 Å². The molecule has 3 nitrogen and oxygen atoms in total. The van der Waals surface area contributed by atoms with Gasteiger partial charge in [-0.05, 0) is 30.4 Å². The van der Waals surface area contributed by atoms with Gasteiger partial charge in [-0.3, -0.25) is 0 Å². The lowest BCUT2D eigenvalue weighted by atomic mass is 10.1. The highest BCUT2D eigenvalue weighted by Crippen LogP contribution is 2.25. The van der Waals surface area contributed by atoms with Crippen LogP contribution in [-0.2, 0) is 19.4 Å². The van der Waals surface area contributed by atoms with Gasteiger partial charge in [-0.25, -0.2) is 4.98 Å². The van der Waals surface area contributed by atoms with E-state index in [1.807, 2.05) is 12.4 Å². The van der Waals surface area contributed by atoms with Gasteiger partial charge in [0.05, 0.1) is 0 Å². The van der Waals surface area contributed by atoms with Gasteiger partial charge in [0.25, 0.3) is 0 Å². The molecule has 0 bridgehead atoms. The number of thiophene rings is 1. The van der Waals surface area contributed by atoms with E-state index in [-0.39, 0.29) is 6.04 Å². The number of nitrogens with two attached hydrogens (primary N) is 1. The summed E-state index contributed by atoms with van der Waals surface area (Å²) < 4.78 is 2.15. The maximum absolute atomic E-state index is 6.29. The Morgan fingerprint density at radius 2 is 2.29 bits per heavy atom. The van der Waals surface area contributed by atoms with Crippen LogP contribution in [0.4, 0.5) is 0 Å². The zero-order valence-corrected chi connectivity index (χ0v) is 11.2. The average Bonchev–Trinajstić information content (AvgIpc) is 2.96. The molecule has 2 N–H and O–H groups in total. The molecule has 0 radical (unpaired) electrons. The lowest BCUT2D eigenvalue weighted by Crippen LogP contribution is -2.16. The van der Waals surface area contributed by atoms with Gasteiger partial charge < -0.3 is 10.3 Å². The molecule has 2 aromatic heterocycles. The molecule has 0 saturated heterocycles. The van der Waals surface area contributed by atoms with Crippen LogP contribution in [0.3, 0.4) is 0 Å². The molecule has 1 atom stereocenters. The van der Waals surface area contributed by atoms with Crippen LogP contribution >= 0.6 is 11.3 Å². The molecule has 4 heteroatoms. The quantitative estimate of drug-likeness (QED) is 0.885. The largest absolute Gasteiger partial charge is 0.335 e. The first-order chi connectivity index (χ1) is 8.26. The number of nitrogens with zero attached hydrogens (tertiary/aromatic N) is 2. The number of rotatable bonds is 5. The van der Waals surface area contributed by atoms with Crippen molar-refractivity contribution >= 4 is 11.3 Å². The van der Waals surface area contributed by atoms with Crippen LogP contribution in [0.2, 0.25) is 0 Å². The fourth-order valence-electron chi connectivity index (χ4n) is 2.07. The number of aryl methyl sites for hydroxylation is 2. The van der Waals surface area contributed by atoms with Crippen LogP contribution in [0.25, 0.3) is 0 Å². The Hall–Kier alpha value is -1.13. The summed E-state index contributed by atoms with van der Waals surface area (Å²) in [5.41, 5.74) is 7.66. The Labute approximate surface area is 106 Å². The van der Waals surface area contributed by atoms with E-state index < -0.39 is 0 Å². The van der Waals surface area contributed by atoms with Crippen LogP contribution in [0.1, 0.15) is 36.2 Å². The van der Waals surface area contributed by atoms with Gasteiger partial charge in [-0.2, -0.15) is 0 Å². The summed E-state index contributed by atoms with van der Waals surface area (Å²) in [4.78, 5) is 5.68. The zero-order valence-electron chi connectivity index (χ0n) is 10.4. The van der Waals surface area contributed by atoms with Crippen molar-refractivity contribution < 1.29 is 0 Å². The molecule has 0 amide bonds. The van der Waals surface area contributed by atoms with Gasteiger partial charge in [0.1, 0.15) is 5.82 Å². The first kappa shape index (κ1) is 12.3. The molecule has 1 unspecified atom stereocenters. The van der Waals surface area contributed by atoms with E-state index in [0.29, 0.717) is 0 Å². The smallest absolute Gasteiger partial charge is 0.110 e. The Balaban J connectivity index is 2.14. The van der Waals surface area contributed by atoms with E-state index >= 15 is 0 Å². The SMILES string of the molecule is CCc1ccsc1C(N)Cc1nccn1CC. The van der Waals surface area contributed by atoms with Crippen molar-refractivity contribution in [1.82, 2.24) is 9.55 Å². The van der Waals surface area contributed by atoms with Crippen molar-refractivity contribution in [1.29, 1.82) is 0 Å². The van der Waals surface area contributed by atoms with Crippen molar-refractivity contribution in [3.8, 4) is 0 Å². The number of hydrogen-bond donors (Lipinski definition) is 1. The second kappa shape index (κ2) is 5.47. The summed E-state index contributed by atoms with van der Waals surface area (Å²) in [6.45, 7) is 5.25. The number of hydrogen-bond acceptors (Lipinski definition) is 3. The number of aromatic nitrogens is 2. The minimum Gasteiger partial charge on any atom is -0.335 e. The van der Waals surface area contributed by atoms with Crippen LogP contribution in [-0.4, -0.2) is 9.55 Å². The van der Waals surface area contributed by atoms with Gasteiger partial charge in [-0.15, -0.1) is 11.3 Å². The molecular weight excluding hydrogens is 230 g/mol. The molecule has 0 spiro atoms. The predicted molar refractivity (Wildman–Crippen MR) is 72.2 cm³/mol. The van der Waals surface area contributed by atoms with E-state index in [2.05, 4.69) is 34.8 Å². The monoisotopic (exact) mass is 249 g/mol. The van der Waals surface area contributed by atoms with Crippen molar-refractivity contribution in [2.24, 2.45) is 5.73 Å². The summed E-state index contributed by atoms with van der Waals surface area (Å²) in [6.07, 6.45) is 5.72. The normalized spacial score (nSPS) is 12.9. The summed E-state index contributed by atoms with van der Waals surface area (Å²) in [7, 11) is 0. The van der Waals surface area contributed by atoms with E-state index in [1.54, 1.807) is 11.3 Å². The van der Waals surface area contributed by atoms with Crippen LogP contribution < -0.4 is 5.73 Å². The number of imidazole rings is 1. The maximum Gasteiger partial charge on any atom is 0.110 e. The van der Waals surface area contributed by atoms with Crippen molar-refractivity contribution in [2.75, 3.05) is 0 Å². The van der Waals surface area contributed by atoms with Gasteiger partial charge in [0, 0.05) is 36.3 Å². The van der Waals surface area contributed by atoms with Gasteiger partial charge in [-0.1, -0.05) is 6.92 Å². The van der Waals surface area contributed by atoms with E-state index in [9.17, 15) is 0 Å². The molecule has 0 saturated carbocycles. The fraction of sp³-hybridized carbons (Fsp3) is 0.462. The topological polar surface area (TPSA) is 43.8 Å². The first-order valence-electron chi connectivity index (χ1n) is 6.08. The second-order valence-corrected chi connectivity index (χ2v) is 5.05. The molecule has 0 aromatic carbocycles. The van der Waals surface area contributed by atoms with Crippen molar-refractivity contribution in [3.05, 3.63) is 40.1 Å². The molecule has 2 rings (SSSR count). The average molecular weight is 249 g/mol. The lowest BCUT2D eigenvalue weighted by Gasteiger charge is -2.12. The van der Waals surface area contributed by atoms with Crippen LogP contribution in [0.5, 0.6) is 0 Å². The van der Waals surface area contributed by atoms with E-state index in [0.717, 1.165) is 25.2 Å². The molecule has 0 fully saturated rings. The maximum atomic E-state index is 6.29. The summed E-state index contributed by atoms with van der Waals surface area (Å²) in [6, 6.07) is 2.24. The van der Waals surface area contributed by atoms with Gasteiger partial charge >= 0.3 is 0 Å². The Kier molecular flexibility index (Phi) is 3.97. The second-order valence-electron chi connectivity index (χ2n) is 4.10. The molecular formula is C13H19N3S. The summed E-state index contributed by atoms with van der Waals surface area (Å²) in [5, 5.41) is 2.13. The minimum absolute atomic E-state index is 0.0673. The Bertz CT molecular complexity index is 472. The van der Waals surface area contributed by atoms with Gasteiger partial charge in [0.15, 0.2) is 0 Å². The zero-order chi connectivity index (χ0) is 12.3. The third kappa shape index (κ3) is 2.58. The fourth-order valence-corrected chi connectivity index (χ4v) is 3.07. The Morgan fingerprint density at radius 1 is 1.47 bits per heavy atom. The molecule has 0 aliphatic carbocycles. The van der Waals surface area contributed by atoms with Crippen molar-refractivity contribution in [3.63, 3.8) is 0 Å². The molecule has 92 valence electrons. The van der Waals surface area contributed by atoms with Crippen LogP contribution in [0.15, 0.2) is 23.8 Å². The summed E-state index contributed by atoms with van der Waals surface area (Å²) in [5.74, 6) is 1.08. The molecule has 2 heterocycles. The lowest BCUT2D eigenvalue weighted by molar-refractivity contribution is 0.631.